The lowest BCUT2D eigenvalue weighted by atomic mass is 9.93. The number of fused-ring (bicyclic) bond motifs is 10. The summed E-state index contributed by atoms with van der Waals surface area (Å²) in [6.45, 7) is 0.951. The lowest BCUT2D eigenvalue weighted by molar-refractivity contribution is -0.146. The van der Waals surface area contributed by atoms with Gasteiger partial charge in [0.2, 0.25) is 70.9 Å². The van der Waals surface area contributed by atoms with Gasteiger partial charge in [0.15, 0.2) is 11.9 Å². The molecule has 2 unspecified atom stereocenters. The van der Waals surface area contributed by atoms with Gasteiger partial charge in [-0.05, 0) is 88.1 Å². The van der Waals surface area contributed by atoms with Crippen LogP contribution >= 0.6 is 21.6 Å². The molecular weight excluding hydrogens is 1240 g/mol. The number of aliphatic hydroxyl groups is 1. The normalized spacial score (nSPS) is 26.8. The van der Waals surface area contributed by atoms with E-state index in [1.165, 1.54) is 6.92 Å². The lowest BCUT2D eigenvalue weighted by Gasteiger charge is -2.30. The number of aliphatic imine (C=N–C) groups is 2. The van der Waals surface area contributed by atoms with Gasteiger partial charge in [-0.1, -0.05) is 46.7 Å². The maximum Gasteiger partial charge on any atom is 0.305 e. The van der Waals surface area contributed by atoms with Crippen LogP contribution in [0.5, 0.6) is 0 Å². The second-order valence-corrected chi connectivity index (χ2v) is 24.9. The van der Waals surface area contributed by atoms with Crippen molar-refractivity contribution in [2.75, 3.05) is 44.3 Å². The number of carbonyl (C=O) groups is 13. The first kappa shape index (κ1) is 73.8. The van der Waals surface area contributed by atoms with Crippen LogP contribution in [0.1, 0.15) is 83.7 Å². The number of rotatable bonds is 16. The number of H-pyrrole nitrogens is 1. The van der Waals surface area contributed by atoms with Gasteiger partial charge in [0.25, 0.3) is 0 Å². The fourth-order valence-corrected chi connectivity index (χ4v) is 12.5. The molecule has 12 amide bonds. The summed E-state index contributed by atoms with van der Waals surface area (Å²) in [5, 5.41) is 46.6. The van der Waals surface area contributed by atoms with Gasteiger partial charge in [-0.25, -0.2) is 0 Å². The molecule has 2 bridgehead atoms. The van der Waals surface area contributed by atoms with Gasteiger partial charge in [-0.2, -0.15) is 0 Å². The highest BCUT2D eigenvalue weighted by atomic mass is 33.1. The molecule has 0 radical (unpaired) electrons. The number of carboxylic acid groups (broad SMARTS) is 1. The summed E-state index contributed by atoms with van der Waals surface area (Å²) in [5.41, 5.74) is 34.8. The van der Waals surface area contributed by atoms with Gasteiger partial charge in [-0.3, -0.25) is 72.3 Å². The molecule has 0 spiro atoms. The molecule has 12 atom stereocenters. The van der Waals surface area contributed by atoms with Crippen molar-refractivity contribution in [2.45, 2.75) is 151 Å². The summed E-state index contributed by atoms with van der Waals surface area (Å²) >= 11 is 0. The monoisotopic (exact) mass is 1330 g/mol. The minimum Gasteiger partial charge on any atom is -0.481 e. The molecule has 3 fully saturated rings. The topological polar surface area (TPSA) is 583 Å². The van der Waals surface area contributed by atoms with E-state index in [0.29, 0.717) is 11.2 Å². The molecule has 4 heterocycles. The summed E-state index contributed by atoms with van der Waals surface area (Å²) in [6, 6.07) is -8.54. The minimum atomic E-state index is -1.94. The Balaban J connectivity index is 1.67. The highest BCUT2D eigenvalue weighted by molar-refractivity contribution is 8.76. The third-order valence-corrected chi connectivity index (χ3v) is 17.5. The van der Waals surface area contributed by atoms with Crippen molar-refractivity contribution < 1.29 is 72.5 Å². The van der Waals surface area contributed by atoms with Crippen molar-refractivity contribution in [3.05, 3.63) is 36.0 Å². The first-order chi connectivity index (χ1) is 43.7. The Labute approximate surface area is 536 Å². The fraction of sp³-hybridized carbons (Fsp3) is 0.582. The van der Waals surface area contributed by atoms with Crippen molar-refractivity contribution in [3.8, 4) is 0 Å². The van der Waals surface area contributed by atoms with Crippen molar-refractivity contribution >= 4 is 121 Å². The quantitative estimate of drug-likeness (QED) is 0.0321. The highest BCUT2D eigenvalue weighted by Crippen LogP contribution is 2.25. The summed E-state index contributed by atoms with van der Waals surface area (Å²) in [6.07, 6.45) is -1.82. The van der Waals surface area contributed by atoms with Gasteiger partial charge in [0.05, 0.1) is 19.6 Å². The number of hydrogen-bond donors (Lipinski definition) is 19. The van der Waals surface area contributed by atoms with Crippen molar-refractivity contribution in [1.82, 2.24) is 63.1 Å². The first-order valence-electron chi connectivity index (χ1n) is 29.7. The second kappa shape index (κ2) is 36.2. The van der Waals surface area contributed by atoms with E-state index in [0.717, 1.165) is 31.9 Å². The van der Waals surface area contributed by atoms with Crippen LogP contribution in [0.15, 0.2) is 40.3 Å². The zero-order chi connectivity index (χ0) is 67.8. The number of aromatic nitrogens is 1. The SMILES string of the molecule is CC1CC[C@H](NC(=O)CN)C(=O)N[C@H]2CSSC[C@@H](C(N)=O)NC(=O)[C@H](CCCN=C(N)N)NC(=O)[C@H](Cc3cc4ccccc4[nH]3)NC(=O)[C@H](C)NC(=O)[C@H](C1)NC(=O)[C@H](CCCN=C(N)N)NC(=O)C1CCCN1C(=O)[C@H](CC(=O)O)NC(=O)[C@H](CO)NC2=O. The van der Waals surface area contributed by atoms with E-state index < -0.39 is 175 Å². The predicted molar refractivity (Wildman–Crippen MR) is 337 cm³/mol. The predicted octanol–water partition coefficient (Wildman–Crippen LogP) is -7.20. The lowest BCUT2D eigenvalue weighted by Crippen LogP contribution is -2.61. The summed E-state index contributed by atoms with van der Waals surface area (Å²) < 4.78 is 0. The first-order valence-corrected chi connectivity index (χ1v) is 32.2. The number of aromatic amines is 1. The van der Waals surface area contributed by atoms with Gasteiger partial charge < -0.3 is 108 Å². The van der Waals surface area contributed by atoms with Crippen LogP contribution in [0.4, 0.5) is 0 Å². The molecule has 2 aromatic rings. The molecule has 37 heteroatoms. The smallest absolute Gasteiger partial charge is 0.305 e. The molecule has 1 aromatic heterocycles. The molecule has 506 valence electrons. The zero-order valence-corrected chi connectivity index (χ0v) is 52.5. The summed E-state index contributed by atoms with van der Waals surface area (Å²) in [5.74, 6) is -15.5. The van der Waals surface area contributed by atoms with Crippen molar-refractivity contribution in [3.63, 3.8) is 0 Å². The Morgan fingerprint density at radius 2 is 1.21 bits per heavy atom. The van der Waals surface area contributed by atoms with Crippen LogP contribution in [0.3, 0.4) is 0 Å². The van der Waals surface area contributed by atoms with Gasteiger partial charge in [0.1, 0.15) is 66.5 Å². The zero-order valence-electron chi connectivity index (χ0n) is 50.9. The number of primary amides is 1. The van der Waals surface area contributed by atoms with Crippen LogP contribution in [0, 0.1) is 5.92 Å². The number of nitrogens with two attached hydrogens (primary N) is 6. The number of para-hydroxylation sites is 1. The molecule has 3 aliphatic heterocycles. The van der Waals surface area contributed by atoms with Crippen LogP contribution in [0.25, 0.3) is 10.9 Å². The average Bonchev–Trinajstić information content (AvgIpc) is 1.69. The van der Waals surface area contributed by atoms with E-state index in [4.69, 9.17) is 34.4 Å². The van der Waals surface area contributed by atoms with Crippen LogP contribution in [-0.4, -0.2) is 220 Å². The maximum absolute atomic E-state index is 14.8. The van der Waals surface area contributed by atoms with E-state index in [2.05, 4.69) is 68.1 Å². The number of guanidine groups is 2. The number of benzene rings is 1. The number of carboxylic acids is 1. The van der Waals surface area contributed by atoms with Crippen LogP contribution in [-0.2, 0) is 68.7 Å². The largest absolute Gasteiger partial charge is 0.481 e. The van der Waals surface area contributed by atoms with E-state index in [-0.39, 0.29) is 102 Å². The Kier molecular flexibility index (Phi) is 29.0. The fourth-order valence-electron chi connectivity index (χ4n) is 10.2. The van der Waals surface area contributed by atoms with E-state index in [1.807, 2.05) is 6.07 Å². The van der Waals surface area contributed by atoms with E-state index in [1.54, 1.807) is 31.2 Å². The summed E-state index contributed by atoms with van der Waals surface area (Å²) in [7, 11) is 1.71. The molecule has 3 aliphatic rings. The van der Waals surface area contributed by atoms with E-state index in [9.17, 15) is 72.5 Å². The van der Waals surface area contributed by atoms with Gasteiger partial charge in [0, 0.05) is 48.8 Å². The molecule has 35 nitrogen and oxygen atoms in total. The van der Waals surface area contributed by atoms with Gasteiger partial charge in [-0.15, -0.1) is 0 Å². The standard InChI is InChI=1S/C55H84N20O15S2/c1-26-13-14-33(66-41(77)22-56)47(84)74-39-25-92-91-24-38(43(57)80)73-46(83)31(10-5-15-62-54(58)59)67-49(86)35(20-29-19-28-8-3-4-9-30(28)65-29)69-44(81)27(2)64-48(85)34(18-26)70-45(82)32(11-6-16-63-55(60)61)68-52(89)40-12-7-17-75(40)53(90)36(21-42(78)79)71-50(87)37(23-76)72-51(39)88/h3-4,8-9,19,26-27,31-40,65,76H,5-7,10-18,20-25,56H2,1-2H3,(H2,57,80)(H,64,85)(H,66,77)(H,67,86)(H,68,89)(H,69,81)(H,70,82)(H,71,87)(H,72,88)(H,73,83)(H,74,84)(H,78,79)(H4,58,59,62)(H4,60,61,63)/t26?,27-,31-,32-,33-,34-,35-,36-,37-,38-,39-,40?/m0/s1. The average molecular weight is 1330 g/mol. The maximum atomic E-state index is 14.8. The Morgan fingerprint density at radius 3 is 1.83 bits per heavy atom. The third kappa shape index (κ3) is 23.1. The summed E-state index contributed by atoms with van der Waals surface area (Å²) in [4.78, 5) is 195. The van der Waals surface area contributed by atoms with Crippen LogP contribution < -0.4 is 87.6 Å². The number of nitrogens with zero attached hydrogens (tertiary/aromatic N) is 3. The van der Waals surface area contributed by atoms with E-state index >= 15 is 0 Å². The third-order valence-electron chi connectivity index (χ3n) is 15.1. The minimum absolute atomic E-state index is 0.00894. The molecule has 3 saturated heterocycles. The number of nitrogens with one attached hydrogen (secondary N) is 11. The number of hydrogen-bond acceptors (Lipinski definition) is 19. The molecule has 1 aromatic carbocycles. The Bertz CT molecular complexity index is 3040. The molecule has 0 saturated carbocycles. The second-order valence-electron chi connectivity index (χ2n) is 22.4. The Morgan fingerprint density at radius 1 is 0.641 bits per heavy atom. The molecular formula is C55H84N20O15S2. The molecule has 92 heavy (non-hydrogen) atoms. The number of amides is 12. The highest BCUT2D eigenvalue weighted by Gasteiger charge is 2.42. The number of carbonyl (C=O) groups excluding carboxylic acids is 12. The van der Waals surface area contributed by atoms with Crippen LogP contribution in [0.2, 0.25) is 0 Å². The molecule has 0 aliphatic carbocycles. The van der Waals surface area contributed by atoms with Gasteiger partial charge >= 0.3 is 5.97 Å². The Hall–Kier alpha value is -8.97. The van der Waals surface area contributed by atoms with Crippen molar-refractivity contribution in [1.29, 1.82) is 0 Å². The number of aliphatic hydroxyl groups excluding tert-OH is 1. The molecule has 5 rings (SSSR count). The van der Waals surface area contributed by atoms with Crippen molar-refractivity contribution in [2.24, 2.45) is 50.3 Å². The molecule has 25 N–H and O–H groups in total. The number of aliphatic carboxylic acids is 1.